The molecule has 17 heavy (non-hydrogen) atoms. The van der Waals surface area contributed by atoms with Gasteiger partial charge in [-0.15, -0.1) is 0 Å². The molecule has 3 aliphatic rings. The van der Waals surface area contributed by atoms with Gasteiger partial charge in [0.2, 0.25) is 0 Å². The molecule has 2 heterocycles. The first kappa shape index (κ1) is 11.9. The van der Waals surface area contributed by atoms with E-state index in [4.69, 9.17) is 0 Å². The number of hydrogen-bond donors (Lipinski definition) is 1. The summed E-state index contributed by atoms with van der Waals surface area (Å²) in [7, 11) is 2.13. The van der Waals surface area contributed by atoms with Crippen LogP contribution in [0.1, 0.15) is 38.5 Å². The lowest BCUT2D eigenvalue weighted by Crippen LogP contribution is -2.55. The lowest BCUT2D eigenvalue weighted by atomic mass is 9.89. The van der Waals surface area contributed by atoms with Crippen LogP contribution >= 0.6 is 0 Å². The predicted octanol–water partition coefficient (Wildman–Crippen LogP) is 1.30. The maximum absolute atomic E-state index is 3.48. The predicted molar refractivity (Wildman–Crippen MR) is 71.3 cm³/mol. The lowest BCUT2D eigenvalue weighted by Gasteiger charge is -2.44. The van der Waals surface area contributed by atoms with Crippen LogP contribution in [-0.2, 0) is 0 Å². The molecular weight excluding hydrogens is 210 g/mol. The van der Waals surface area contributed by atoms with Crippen LogP contribution in [0.3, 0.4) is 0 Å². The molecule has 1 saturated carbocycles. The van der Waals surface area contributed by atoms with E-state index in [1.165, 1.54) is 64.7 Å². The molecule has 0 aromatic heterocycles. The number of rotatable bonds is 2. The van der Waals surface area contributed by atoms with Crippen molar-refractivity contribution in [2.24, 2.45) is 0 Å². The number of nitrogens with one attached hydrogen (secondary N) is 1. The van der Waals surface area contributed by atoms with E-state index in [2.05, 4.69) is 22.2 Å². The fourth-order valence-corrected chi connectivity index (χ4v) is 4.10. The van der Waals surface area contributed by atoms with Crippen LogP contribution < -0.4 is 5.32 Å². The normalized spacial score (nSPS) is 40.4. The molecule has 0 aromatic carbocycles. The first-order valence-electron chi connectivity index (χ1n) is 7.52. The minimum absolute atomic E-state index is 0.773. The highest BCUT2D eigenvalue weighted by Crippen LogP contribution is 2.28. The molecule has 3 rings (SSSR count). The molecule has 3 unspecified atom stereocenters. The van der Waals surface area contributed by atoms with E-state index in [0.717, 1.165) is 18.1 Å². The SMILES string of the molecule is CNC1CCCC(N2CCN3CCCC3C2)C1. The number of piperazine rings is 1. The number of hydrogen-bond acceptors (Lipinski definition) is 3. The molecule has 1 aliphatic carbocycles. The van der Waals surface area contributed by atoms with Gasteiger partial charge in [0.15, 0.2) is 0 Å². The van der Waals surface area contributed by atoms with E-state index in [1.54, 1.807) is 0 Å². The van der Waals surface area contributed by atoms with Crippen molar-refractivity contribution in [2.45, 2.75) is 56.7 Å². The molecule has 0 bridgehead atoms. The summed E-state index contributed by atoms with van der Waals surface area (Å²) in [6, 6.07) is 2.53. The van der Waals surface area contributed by atoms with Crippen molar-refractivity contribution in [1.29, 1.82) is 0 Å². The van der Waals surface area contributed by atoms with E-state index < -0.39 is 0 Å². The van der Waals surface area contributed by atoms with Crippen molar-refractivity contribution < 1.29 is 0 Å². The molecule has 3 atom stereocenters. The van der Waals surface area contributed by atoms with Gasteiger partial charge in [0, 0.05) is 37.8 Å². The highest BCUT2D eigenvalue weighted by molar-refractivity contribution is 4.91. The standard InChI is InChI=1S/C14H27N3/c1-15-12-4-2-5-13(10-12)17-9-8-16-7-3-6-14(16)11-17/h12-15H,2-11H2,1H3. The van der Waals surface area contributed by atoms with Gasteiger partial charge in [-0.2, -0.15) is 0 Å². The average molecular weight is 237 g/mol. The zero-order chi connectivity index (χ0) is 11.7. The first-order valence-corrected chi connectivity index (χ1v) is 7.52. The lowest BCUT2D eigenvalue weighted by molar-refractivity contribution is 0.0521. The quantitative estimate of drug-likeness (QED) is 0.781. The van der Waals surface area contributed by atoms with Crippen molar-refractivity contribution in [1.82, 2.24) is 15.1 Å². The van der Waals surface area contributed by atoms with Crippen molar-refractivity contribution in [2.75, 3.05) is 33.2 Å². The molecule has 1 N–H and O–H groups in total. The van der Waals surface area contributed by atoms with Gasteiger partial charge < -0.3 is 5.32 Å². The summed E-state index contributed by atoms with van der Waals surface area (Å²) in [5.74, 6) is 0. The van der Waals surface area contributed by atoms with Gasteiger partial charge in [-0.25, -0.2) is 0 Å². The zero-order valence-corrected chi connectivity index (χ0v) is 11.2. The second kappa shape index (κ2) is 5.25. The van der Waals surface area contributed by atoms with Crippen molar-refractivity contribution in [3.05, 3.63) is 0 Å². The van der Waals surface area contributed by atoms with Gasteiger partial charge in [0.1, 0.15) is 0 Å². The Hall–Kier alpha value is -0.120. The average Bonchev–Trinajstić information content (AvgIpc) is 2.86. The van der Waals surface area contributed by atoms with Crippen molar-refractivity contribution in [3.8, 4) is 0 Å². The summed E-state index contributed by atoms with van der Waals surface area (Å²) in [4.78, 5) is 5.52. The Balaban J connectivity index is 1.57. The number of fused-ring (bicyclic) bond motifs is 1. The Labute approximate surface area is 106 Å². The van der Waals surface area contributed by atoms with Gasteiger partial charge in [-0.05, 0) is 45.7 Å². The summed E-state index contributed by atoms with van der Waals surface area (Å²) in [6.07, 6.45) is 8.49. The molecule has 0 aromatic rings. The maximum atomic E-state index is 3.48. The van der Waals surface area contributed by atoms with Gasteiger partial charge in [0.05, 0.1) is 0 Å². The third-order valence-electron chi connectivity index (χ3n) is 5.19. The molecule has 0 amide bonds. The van der Waals surface area contributed by atoms with E-state index in [0.29, 0.717) is 0 Å². The molecule has 0 spiro atoms. The molecule has 98 valence electrons. The minimum Gasteiger partial charge on any atom is -0.317 e. The van der Waals surface area contributed by atoms with Gasteiger partial charge in [-0.1, -0.05) is 6.42 Å². The smallest absolute Gasteiger partial charge is 0.0224 e. The fraction of sp³-hybridized carbons (Fsp3) is 1.00. The Morgan fingerprint density at radius 1 is 0.882 bits per heavy atom. The van der Waals surface area contributed by atoms with E-state index in [1.807, 2.05) is 0 Å². The van der Waals surface area contributed by atoms with Crippen LogP contribution in [0.2, 0.25) is 0 Å². The molecule has 3 fully saturated rings. The summed E-state index contributed by atoms with van der Waals surface area (Å²) in [5, 5.41) is 3.48. The highest BCUT2D eigenvalue weighted by atomic mass is 15.3. The maximum Gasteiger partial charge on any atom is 0.0224 e. The van der Waals surface area contributed by atoms with E-state index in [9.17, 15) is 0 Å². The molecule has 2 saturated heterocycles. The van der Waals surface area contributed by atoms with E-state index >= 15 is 0 Å². The van der Waals surface area contributed by atoms with Crippen molar-refractivity contribution >= 4 is 0 Å². The highest BCUT2D eigenvalue weighted by Gasteiger charge is 2.34. The largest absolute Gasteiger partial charge is 0.317 e. The van der Waals surface area contributed by atoms with Crippen molar-refractivity contribution in [3.63, 3.8) is 0 Å². The number of nitrogens with zero attached hydrogens (tertiary/aromatic N) is 2. The van der Waals surface area contributed by atoms with Crippen LogP contribution in [0.5, 0.6) is 0 Å². The molecule has 2 aliphatic heterocycles. The van der Waals surface area contributed by atoms with Crippen LogP contribution in [0, 0.1) is 0 Å². The summed E-state index contributed by atoms with van der Waals surface area (Å²) in [6.45, 7) is 5.35. The summed E-state index contributed by atoms with van der Waals surface area (Å²) in [5.41, 5.74) is 0. The summed E-state index contributed by atoms with van der Waals surface area (Å²) < 4.78 is 0. The van der Waals surface area contributed by atoms with Crippen LogP contribution in [0.15, 0.2) is 0 Å². The third kappa shape index (κ3) is 2.51. The van der Waals surface area contributed by atoms with Gasteiger partial charge >= 0.3 is 0 Å². The molecule has 3 nitrogen and oxygen atoms in total. The topological polar surface area (TPSA) is 18.5 Å². The molecule has 0 radical (unpaired) electrons. The van der Waals surface area contributed by atoms with E-state index in [-0.39, 0.29) is 0 Å². The Morgan fingerprint density at radius 2 is 1.71 bits per heavy atom. The first-order chi connectivity index (χ1) is 8.36. The zero-order valence-electron chi connectivity index (χ0n) is 11.2. The van der Waals surface area contributed by atoms with Gasteiger partial charge in [0.25, 0.3) is 0 Å². The third-order valence-corrected chi connectivity index (χ3v) is 5.19. The second-order valence-electron chi connectivity index (χ2n) is 6.13. The Kier molecular flexibility index (Phi) is 3.69. The van der Waals surface area contributed by atoms with Gasteiger partial charge in [-0.3, -0.25) is 9.80 Å². The van der Waals surface area contributed by atoms with Crippen LogP contribution in [0.4, 0.5) is 0 Å². The Bertz CT molecular complexity index is 256. The summed E-state index contributed by atoms with van der Waals surface area (Å²) >= 11 is 0. The fourth-order valence-electron chi connectivity index (χ4n) is 4.10. The Morgan fingerprint density at radius 3 is 2.59 bits per heavy atom. The van der Waals surface area contributed by atoms with Crippen LogP contribution in [-0.4, -0.2) is 61.2 Å². The second-order valence-corrected chi connectivity index (χ2v) is 6.13. The van der Waals surface area contributed by atoms with Crippen LogP contribution in [0.25, 0.3) is 0 Å². The molecular formula is C14H27N3. The molecule has 3 heteroatoms. The monoisotopic (exact) mass is 237 g/mol. The minimum atomic E-state index is 0.773.